The number of rotatable bonds is 3. The minimum atomic E-state index is 0. The summed E-state index contributed by atoms with van der Waals surface area (Å²) in [4.78, 5) is 2.58. The molecule has 1 aliphatic carbocycles. The maximum Gasteiger partial charge on any atom is 0.119 e. The fraction of sp³-hybridized carbons (Fsp3) is 0.429. The Balaban J connectivity index is 0.00000169. The average Bonchev–Trinajstić information content (AvgIpc) is 2.91. The van der Waals surface area contributed by atoms with E-state index in [9.17, 15) is 0 Å². The first-order valence-electron chi connectivity index (χ1n) is 8.67. The second kappa shape index (κ2) is 7.16. The molecule has 128 valence electrons. The number of likely N-dealkylation sites (N-methyl/N-ethyl adjacent to an activating group) is 1. The molecule has 2 aliphatic rings. The van der Waals surface area contributed by atoms with E-state index >= 15 is 0 Å². The van der Waals surface area contributed by atoms with Gasteiger partial charge in [-0.3, -0.25) is 0 Å². The molecule has 0 aromatic heterocycles. The number of methoxy groups -OCH3 is 1. The molecule has 4 rings (SSSR count). The van der Waals surface area contributed by atoms with Crippen LogP contribution in [0, 0.1) is 5.92 Å². The first-order valence-corrected chi connectivity index (χ1v) is 8.67. The predicted molar refractivity (Wildman–Crippen MR) is 101 cm³/mol. The number of hydrogen-bond acceptors (Lipinski definition) is 2. The van der Waals surface area contributed by atoms with Gasteiger partial charge in [-0.1, -0.05) is 36.4 Å². The number of hydrogen-bond donors (Lipinski definition) is 0. The van der Waals surface area contributed by atoms with Crippen LogP contribution in [0.4, 0.5) is 0 Å². The fourth-order valence-electron chi connectivity index (χ4n) is 4.69. The first-order chi connectivity index (χ1) is 11.3. The maximum atomic E-state index is 5.39. The van der Waals surface area contributed by atoms with Gasteiger partial charge in [-0.15, -0.1) is 12.4 Å². The van der Waals surface area contributed by atoms with Crippen LogP contribution in [-0.4, -0.2) is 31.6 Å². The predicted octanol–water partition coefficient (Wildman–Crippen LogP) is 4.32. The van der Waals surface area contributed by atoms with Gasteiger partial charge in [-0.2, -0.15) is 0 Å². The third kappa shape index (κ3) is 3.05. The van der Waals surface area contributed by atoms with Gasteiger partial charge < -0.3 is 9.64 Å². The molecule has 3 heteroatoms. The Morgan fingerprint density at radius 3 is 2.79 bits per heavy atom. The second-order valence-corrected chi connectivity index (χ2v) is 7.07. The van der Waals surface area contributed by atoms with Crippen LogP contribution in [0.25, 0.3) is 0 Å². The maximum absolute atomic E-state index is 5.39. The van der Waals surface area contributed by atoms with Crippen LogP contribution in [0.15, 0.2) is 48.5 Å². The monoisotopic (exact) mass is 343 g/mol. The van der Waals surface area contributed by atoms with Crippen molar-refractivity contribution in [1.82, 2.24) is 4.90 Å². The lowest BCUT2D eigenvalue weighted by molar-refractivity contribution is 0.259. The third-order valence-corrected chi connectivity index (χ3v) is 5.84. The van der Waals surface area contributed by atoms with E-state index < -0.39 is 0 Å². The summed E-state index contributed by atoms with van der Waals surface area (Å²) >= 11 is 0. The smallest absolute Gasteiger partial charge is 0.119 e. The summed E-state index contributed by atoms with van der Waals surface area (Å²) < 4.78 is 5.39. The van der Waals surface area contributed by atoms with Crippen molar-refractivity contribution in [3.63, 3.8) is 0 Å². The topological polar surface area (TPSA) is 12.5 Å². The molecule has 0 amide bonds. The number of aryl methyl sites for hydroxylation is 1. The number of benzene rings is 2. The van der Waals surface area contributed by atoms with E-state index in [1.165, 1.54) is 24.9 Å². The SMILES string of the molecule is COc1cccc(C[C@@H]2C3CCc4ccccc4[C@@H]3CN2C)c1.Cl. The Kier molecular flexibility index (Phi) is 5.17. The Labute approximate surface area is 151 Å². The minimum Gasteiger partial charge on any atom is -0.497 e. The van der Waals surface area contributed by atoms with Gasteiger partial charge in [0, 0.05) is 18.5 Å². The molecule has 1 unspecified atom stereocenters. The molecule has 3 atom stereocenters. The quantitative estimate of drug-likeness (QED) is 0.823. The van der Waals surface area contributed by atoms with Gasteiger partial charge in [-0.05, 0) is 61.1 Å². The van der Waals surface area contributed by atoms with E-state index in [0.29, 0.717) is 12.0 Å². The van der Waals surface area contributed by atoms with Crippen LogP contribution in [0.1, 0.15) is 29.0 Å². The highest BCUT2D eigenvalue weighted by molar-refractivity contribution is 5.85. The van der Waals surface area contributed by atoms with Gasteiger partial charge in [0.2, 0.25) is 0 Å². The van der Waals surface area contributed by atoms with Crippen molar-refractivity contribution in [2.75, 3.05) is 20.7 Å². The lowest BCUT2D eigenvalue weighted by Crippen LogP contribution is -2.32. The van der Waals surface area contributed by atoms with E-state index in [-0.39, 0.29) is 12.4 Å². The highest BCUT2D eigenvalue weighted by atomic mass is 35.5. The molecular formula is C21H26ClNO. The molecule has 0 saturated carbocycles. The van der Waals surface area contributed by atoms with E-state index in [1.54, 1.807) is 18.2 Å². The van der Waals surface area contributed by atoms with Gasteiger partial charge in [0.1, 0.15) is 5.75 Å². The molecule has 2 aromatic carbocycles. The Morgan fingerprint density at radius 1 is 1.12 bits per heavy atom. The van der Waals surface area contributed by atoms with Crippen molar-refractivity contribution in [2.24, 2.45) is 5.92 Å². The van der Waals surface area contributed by atoms with Crippen molar-refractivity contribution >= 4 is 12.4 Å². The molecule has 1 aliphatic heterocycles. The third-order valence-electron chi connectivity index (χ3n) is 5.84. The molecule has 1 fully saturated rings. The van der Waals surface area contributed by atoms with Crippen molar-refractivity contribution in [3.05, 3.63) is 65.2 Å². The Morgan fingerprint density at radius 2 is 1.96 bits per heavy atom. The normalized spacial score (nSPS) is 25.5. The Bertz CT molecular complexity index is 702. The lowest BCUT2D eigenvalue weighted by Gasteiger charge is -2.31. The van der Waals surface area contributed by atoms with Crippen LogP contribution >= 0.6 is 12.4 Å². The molecular weight excluding hydrogens is 318 g/mol. The van der Waals surface area contributed by atoms with Crippen molar-refractivity contribution in [1.29, 1.82) is 0 Å². The zero-order chi connectivity index (χ0) is 15.8. The summed E-state index contributed by atoms with van der Waals surface area (Å²) in [6.45, 7) is 1.19. The van der Waals surface area contributed by atoms with Gasteiger partial charge in [0.15, 0.2) is 0 Å². The second-order valence-electron chi connectivity index (χ2n) is 7.07. The van der Waals surface area contributed by atoms with Gasteiger partial charge in [0.05, 0.1) is 7.11 Å². The highest BCUT2D eigenvalue weighted by Crippen LogP contribution is 2.45. The van der Waals surface area contributed by atoms with Crippen LogP contribution in [-0.2, 0) is 12.8 Å². The number of fused-ring (bicyclic) bond motifs is 3. The zero-order valence-electron chi connectivity index (χ0n) is 14.4. The molecule has 0 N–H and O–H groups in total. The summed E-state index contributed by atoms with van der Waals surface area (Å²) in [5.41, 5.74) is 4.56. The fourth-order valence-corrected chi connectivity index (χ4v) is 4.69. The molecule has 1 saturated heterocycles. The minimum absolute atomic E-state index is 0. The molecule has 24 heavy (non-hydrogen) atoms. The molecule has 1 heterocycles. The lowest BCUT2D eigenvalue weighted by atomic mass is 9.74. The number of halogens is 1. The van der Waals surface area contributed by atoms with Crippen molar-refractivity contribution in [3.8, 4) is 5.75 Å². The summed E-state index contributed by atoms with van der Waals surface area (Å²) in [7, 11) is 4.04. The number of nitrogens with zero attached hydrogens (tertiary/aromatic N) is 1. The molecule has 2 aromatic rings. The zero-order valence-corrected chi connectivity index (χ0v) is 15.3. The van der Waals surface area contributed by atoms with Gasteiger partial charge >= 0.3 is 0 Å². The number of ether oxygens (including phenoxy) is 1. The largest absolute Gasteiger partial charge is 0.497 e. The molecule has 0 radical (unpaired) electrons. The average molecular weight is 344 g/mol. The van der Waals surface area contributed by atoms with E-state index in [1.807, 2.05) is 6.07 Å². The van der Waals surface area contributed by atoms with E-state index in [4.69, 9.17) is 4.74 Å². The number of likely N-dealkylation sites (tertiary alicyclic amines) is 1. The summed E-state index contributed by atoms with van der Waals surface area (Å²) in [5, 5.41) is 0. The summed E-state index contributed by atoms with van der Waals surface area (Å²) in [6, 6.07) is 18.3. The molecule has 0 spiro atoms. The van der Waals surface area contributed by atoms with Crippen LogP contribution in [0.2, 0.25) is 0 Å². The highest BCUT2D eigenvalue weighted by Gasteiger charge is 2.42. The molecule has 0 bridgehead atoms. The van der Waals surface area contributed by atoms with E-state index in [2.05, 4.69) is 54.4 Å². The van der Waals surface area contributed by atoms with E-state index in [0.717, 1.165) is 18.1 Å². The summed E-state index contributed by atoms with van der Waals surface area (Å²) in [5.74, 6) is 2.45. The van der Waals surface area contributed by atoms with Crippen molar-refractivity contribution < 1.29 is 4.74 Å². The van der Waals surface area contributed by atoms with Crippen molar-refractivity contribution in [2.45, 2.75) is 31.2 Å². The summed E-state index contributed by atoms with van der Waals surface area (Å²) in [6.07, 6.45) is 3.68. The van der Waals surface area contributed by atoms with Crippen LogP contribution < -0.4 is 4.74 Å². The molecule has 2 nitrogen and oxygen atoms in total. The van der Waals surface area contributed by atoms with Crippen LogP contribution in [0.3, 0.4) is 0 Å². The Hall–Kier alpha value is -1.51. The van der Waals surface area contributed by atoms with Gasteiger partial charge in [-0.25, -0.2) is 0 Å². The van der Waals surface area contributed by atoms with Crippen LogP contribution in [0.5, 0.6) is 5.75 Å². The first kappa shape index (κ1) is 17.3. The standard InChI is InChI=1S/C21H25NO.ClH/c1-22-14-20-18-9-4-3-7-16(18)10-11-19(20)21(22)13-15-6-5-8-17(12-15)23-2;/h3-9,12,19-21H,10-11,13-14H2,1-2H3;1H/t19?,20-,21+;/m0./s1. The van der Waals surface area contributed by atoms with Gasteiger partial charge in [0.25, 0.3) is 0 Å².